The third kappa shape index (κ3) is 4.24. The number of sulfonamides is 1. The smallest absolute Gasteiger partial charge is 0.241 e. The highest BCUT2D eigenvalue weighted by Gasteiger charge is 2.15. The van der Waals surface area contributed by atoms with Gasteiger partial charge in [-0.2, -0.15) is 0 Å². The van der Waals surface area contributed by atoms with Gasteiger partial charge in [-0.25, -0.2) is 13.6 Å². The first-order valence-electron chi connectivity index (χ1n) is 5.36. The molecule has 0 aliphatic carbocycles. The van der Waals surface area contributed by atoms with Crippen LogP contribution in [0.25, 0.3) is 0 Å². The molecule has 0 radical (unpaired) electrons. The first kappa shape index (κ1) is 13.8. The van der Waals surface area contributed by atoms with Gasteiger partial charge in [0.1, 0.15) is 10.6 Å². The zero-order chi connectivity index (χ0) is 13.1. The lowest BCUT2D eigenvalue weighted by Gasteiger charge is -2.11. The minimum atomic E-state index is -3.81. The van der Waals surface area contributed by atoms with Crippen molar-refractivity contribution < 1.29 is 13.2 Å². The van der Waals surface area contributed by atoms with Crippen molar-refractivity contribution in [3.63, 3.8) is 0 Å². The van der Waals surface area contributed by atoms with Crippen LogP contribution in [0, 0.1) is 5.92 Å². The molecule has 0 saturated heterocycles. The number of nitrogens with two attached hydrogens (primary N) is 2. The van der Waals surface area contributed by atoms with E-state index in [-0.39, 0.29) is 10.6 Å². The van der Waals surface area contributed by atoms with Crippen LogP contribution in [0.15, 0.2) is 23.1 Å². The fraction of sp³-hybridized carbons (Fsp3) is 0.455. The lowest BCUT2D eigenvalue weighted by molar-refractivity contribution is 0.283. The number of hydrogen-bond acceptors (Lipinski definition) is 4. The summed E-state index contributed by atoms with van der Waals surface area (Å²) in [5, 5.41) is 5.09. The van der Waals surface area contributed by atoms with Gasteiger partial charge < -0.3 is 10.5 Å². The highest BCUT2D eigenvalue weighted by Crippen LogP contribution is 2.25. The van der Waals surface area contributed by atoms with Crippen LogP contribution in [0.1, 0.15) is 20.3 Å². The van der Waals surface area contributed by atoms with E-state index in [9.17, 15) is 8.42 Å². The van der Waals surface area contributed by atoms with Gasteiger partial charge in [0.05, 0.1) is 6.61 Å². The molecule has 0 spiro atoms. The zero-order valence-corrected chi connectivity index (χ0v) is 10.8. The van der Waals surface area contributed by atoms with Gasteiger partial charge in [-0.1, -0.05) is 13.8 Å². The fourth-order valence-electron chi connectivity index (χ4n) is 1.27. The van der Waals surface area contributed by atoms with Crippen LogP contribution in [-0.4, -0.2) is 15.0 Å². The number of primary sulfonamides is 1. The number of nitrogen functional groups attached to an aromatic ring is 1. The summed E-state index contributed by atoms with van der Waals surface area (Å²) in [6, 6.07) is 4.41. The Balaban J connectivity index is 2.92. The summed E-state index contributed by atoms with van der Waals surface area (Å²) in [7, 11) is -3.81. The fourth-order valence-corrected chi connectivity index (χ4v) is 1.98. The minimum absolute atomic E-state index is 0.0683. The second kappa shape index (κ2) is 5.37. The Kier molecular flexibility index (Phi) is 4.36. The first-order chi connectivity index (χ1) is 7.80. The van der Waals surface area contributed by atoms with E-state index in [1.165, 1.54) is 12.1 Å². The van der Waals surface area contributed by atoms with E-state index in [1.54, 1.807) is 6.07 Å². The molecule has 1 rings (SSSR count). The van der Waals surface area contributed by atoms with Crippen molar-refractivity contribution >= 4 is 15.7 Å². The molecule has 0 aliphatic rings. The predicted molar refractivity (Wildman–Crippen MR) is 67.2 cm³/mol. The summed E-state index contributed by atoms with van der Waals surface area (Å²) in [4.78, 5) is -0.0683. The van der Waals surface area contributed by atoms with Crippen LogP contribution >= 0.6 is 0 Å². The summed E-state index contributed by atoms with van der Waals surface area (Å²) >= 11 is 0. The van der Waals surface area contributed by atoms with Crippen LogP contribution in [0.3, 0.4) is 0 Å². The maximum Gasteiger partial charge on any atom is 0.241 e. The van der Waals surface area contributed by atoms with Crippen LogP contribution in [0.4, 0.5) is 5.69 Å². The molecular weight excluding hydrogens is 240 g/mol. The number of benzene rings is 1. The van der Waals surface area contributed by atoms with Crippen LogP contribution in [0.2, 0.25) is 0 Å². The highest BCUT2D eigenvalue weighted by molar-refractivity contribution is 7.89. The van der Waals surface area contributed by atoms with Crippen LogP contribution in [-0.2, 0) is 10.0 Å². The van der Waals surface area contributed by atoms with Gasteiger partial charge in [0, 0.05) is 5.69 Å². The lowest BCUT2D eigenvalue weighted by Crippen LogP contribution is -2.15. The molecule has 0 amide bonds. The highest BCUT2D eigenvalue weighted by atomic mass is 32.2. The van der Waals surface area contributed by atoms with Gasteiger partial charge in [0.2, 0.25) is 10.0 Å². The van der Waals surface area contributed by atoms with Gasteiger partial charge in [-0.05, 0) is 30.5 Å². The van der Waals surface area contributed by atoms with Crippen LogP contribution in [0.5, 0.6) is 5.75 Å². The third-order valence-electron chi connectivity index (χ3n) is 2.23. The molecule has 0 unspecified atom stereocenters. The van der Waals surface area contributed by atoms with Gasteiger partial charge >= 0.3 is 0 Å². The van der Waals surface area contributed by atoms with Crippen molar-refractivity contribution in [2.45, 2.75) is 25.2 Å². The molecular formula is C11H18N2O3S. The van der Waals surface area contributed by atoms with E-state index in [4.69, 9.17) is 15.6 Å². The number of anilines is 1. The lowest BCUT2D eigenvalue weighted by atomic mass is 10.1. The van der Waals surface area contributed by atoms with Crippen molar-refractivity contribution in [2.24, 2.45) is 11.1 Å². The average Bonchev–Trinajstić information content (AvgIpc) is 2.18. The van der Waals surface area contributed by atoms with Crippen molar-refractivity contribution in [1.82, 2.24) is 0 Å². The molecule has 1 aromatic carbocycles. The molecule has 0 heterocycles. The number of hydrogen-bond donors (Lipinski definition) is 2. The topological polar surface area (TPSA) is 95.4 Å². The normalized spacial score (nSPS) is 11.8. The Morgan fingerprint density at radius 3 is 2.53 bits per heavy atom. The molecule has 5 nitrogen and oxygen atoms in total. The maximum atomic E-state index is 11.3. The quantitative estimate of drug-likeness (QED) is 0.779. The van der Waals surface area contributed by atoms with E-state index in [1.807, 2.05) is 0 Å². The molecule has 6 heteroatoms. The molecule has 0 aliphatic heterocycles. The second-order valence-electron chi connectivity index (χ2n) is 4.28. The Morgan fingerprint density at radius 1 is 1.35 bits per heavy atom. The Morgan fingerprint density at radius 2 is 2.00 bits per heavy atom. The first-order valence-corrected chi connectivity index (χ1v) is 6.90. The largest absolute Gasteiger partial charge is 0.492 e. The standard InChI is InChI=1S/C11H18N2O3S/c1-8(2)5-6-16-10-4-3-9(12)7-11(10)17(13,14)15/h3-4,7-8H,5-6,12H2,1-2H3,(H2,13,14,15). The summed E-state index contributed by atoms with van der Waals surface area (Å²) in [5.74, 6) is 0.740. The second-order valence-corrected chi connectivity index (χ2v) is 5.81. The molecule has 0 saturated carbocycles. The third-order valence-corrected chi connectivity index (χ3v) is 3.16. The summed E-state index contributed by atoms with van der Waals surface area (Å²) in [6.45, 7) is 4.57. The molecule has 4 N–H and O–H groups in total. The predicted octanol–water partition coefficient (Wildman–Crippen LogP) is 1.34. The van der Waals surface area contributed by atoms with E-state index >= 15 is 0 Å². The number of ether oxygens (including phenoxy) is 1. The summed E-state index contributed by atoms with van der Waals surface area (Å²) in [6.07, 6.45) is 0.842. The monoisotopic (exact) mass is 258 g/mol. The Labute approximate surface area is 102 Å². The van der Waals surface area contributed by atoms with Crippen molar-refractivity contribution in [1.29, 1.82) is 0 Å². The molecule has 0 atom stereocenters. The average molecular weight is 258 g/mol. The molecule has 0 fully saturated rings. The van der Waals surface area contributed by atoms with E-state index in [0.29, 0.717) is 18.2 Å². The Bertz CT molecular complexity index is 483. The SMILES string of the molecule is CC(C)CCOc1ccc(N)cc1S(N)(=O)=O. The maximum absolute atomic E-state index is 11.3. The van der Waals surface area contributed by atoms with Gasteiger partial charge in [0.15, 0.2) is 0 Å². The van der Waals surface area contributed by atoms with Crippen molar-refractivity contribution in [2.75, 3.05) is 12.3 Å². The van der Waals surface area contributed by atoms with Crippen molar-refractivity contribution in [3.05, 3.63) is 18.2 Å². The molecule has 17 heavy (non-hydrogen) atoms. The van der Waals surface area contributed by atoms with Gasteiger partial charge in [0.25, 0.3) is 0 Å². The molecule has 1 aromatic rings. The number of rotatable bonds is 5. The Hall–Kier alpha value is -1.27. The summed E-state index contributed by atoms with van der Waals surface area (Å²) < 4.78 is 28.1. The van der Waals surface area contributed by atoms with E-state index < -0.39 is 10.0 Å². The van der Waals surface area contributed by atoms with E-state index in [2.05, 4.69) is 13.8 Å². The van der Waals surface area contributed by atoms with Crippen molar-refractivity contribution in [3.8, 4) is 5.75 Å². The minimum Gasteiger partial charge on any atom is -0.492 e. The van der Waals surface area contributed by atoms with Crippen LogP contribution < -0.4 is 15.6 Å². The molecule has 0 bridgehead atoms. The molecule has 0 aromatic heterocycles. The van der Waals surface area contributed by atoms with Gasteiger partial charge in [-0.15, -0.1) is 0 Å². The molecule has 96 valence electrons. The van der Waals surface area contributed by atoms with Gasteiger partial charge in [-0.3, -0.25) is 0 Å². The van der Waals surface area contributed by atoms with E-state index in [0.717, 1.165) is 6.42 Å². The zero-order valence-electron chi connectivity index (χ0n) is 10.0. The summed E-state index contributed by atoms with van der Waals surface area (Å²) in [5.41, 5.74) is 5.86.